The molecule has 0 aliphatic heterocycles. The number of rotatable bonds is 1. The molecule has 1 N–H and O–H groups in total. The van der Waals surface area contributed by atoms with E-state index in [1.54, 1.807) is 0 Å². The van der Waals surface area contributed by atoms with Crippen LogP contribution in [0.3, 0.4) is 0 Å². The first-order valence-electron chi connectivity index (χ1n) is 6.60. The third-order valence-electron chi connectivity index (χ3n) is 2.82. The number of hydrogen-bond acceptors (Lipinski definition) is 3. The second-order valence-corrected chi connectivity index (χ2v) is 4.67. The van der Waals surface area contributed by atoms with Crippen molar-refractivity contribution in [1.82, 2.24) is 4.98 Å². The van der Waals surface area contributed by atoms with Gasteiger partial charge in [0.15, 0.2) is 5.78 Å². The molecule has 0 fully saturated rings. The number of ketones is 1. The van der Waals surface area contributed by atoms with E-state index >= 15 is 0 Å². The summed E-state index contributed by atoms with van der Waals surface area (Å²) in [5.74, 6) is -0.0625. The topological polar surface area (TPSA) is 50.2 Å². The predicted octanol–water partition coefficient (Wildman–Crippen LogP) is 4.22. The number of aliphatic hydroxyl groups excluding tert-OH is 1. The molecule has 1 heterocycles. The quantitative estimate of drug-likeness (QED) is 0.226. The third kappa shape index (κ3) is 4.75. The minimum atomic E-state index is -0.125. The van der Waals surface area contributed by atoms with E-state index in [1.807, 2.05) is 24.4 Å². The van der Waals surface area contributed by atoms with Crippen molar-refractivity contribution in [3.63, 3.8) is 0 Å². The van der Waals surface area contributed by atoms with Crippen LogP contribution < -0.4 is 0 Å². The molecule has 0 amide bonds. The van der Waals surface area contributed by atoms with Gasteiger partial charge >= 0.3 is 0 Å². The van der Waals surface area contributed by atoms with E-state index < -0.39 is 0 Å². The van der Waals surface area contributed by atoms with Crippen LogP contribution in [0.15, 0.2) is 60.5 Å². The van der Waals surface area contributed by atoms with Crippen molar-refractivity contribution in [1.29, 1.82) is 0 Å². The summed E-state index contributed by atoms with van der Waals surface area (Å²) in [7, 11) is 0. The first-order valence-corrected chi connectivity index (χ1v) is 6.60. The number of carbonyl (C=O) groups excluding carboxylic acids is 1. The van der Waals surface area contributed by atoms with Gasteiger partial charge in [-0.25, -0.2) is 0 Å². The van der Waals surface area contributed by atoms with Crippen LogP contribution in [0.25, 0.3) is 21.7 Å². The van der Waals surface area contributed by atoms with E-state index in [4.69, 9.17) is 5.11 Å². The Labute approximate surface area is 142 Å². The van der Waals surface area contributed by atoms with E-state index in [2.05, 4.69) is 35.3 Å². The molecule has 115 valence electrons. The monoisotopic (exact) mass is 381 g/mol. The first kappa shape index (κ1) is 18.0. The molecule has 0 saturated heterocycles. The van der Waals surface area contributed by atoms with Crippen molar-refractivity contribution in [2.45, 2.75) is 13.8 Å². The number of fused-ring (bicyclic) bond motifs is 3. The molecule has 0 spiro atoms. The number of pyridine rings is 1. The molecule has 1 radical (unpaired) electrons. The molecular formula is C18H16NO2Rh-. The zero-order valence-electron chi connectivity index (χ0n) is 12.3. The SMILES string of the molecule is CC(=O)/C=C(/C)O.[Rh].[c-]1cccc2ccc3cccnc3c12. The number of aromatic nitrogens is 1. The van der Waals surface area contributed by atoms with Crippen LogP contribution in [0.1, 0.15) is 13.8 Å². The molecule has 3 rings (SSSR count). The Hall–Kier alpha value is -2.06. The zero-order chi connectivity index (χ0) is 15.2. The van der Waals surface area contributed by atoms with Gasteiger partial charge < -0.3 is 10.1 Å². The summed E-state index contributed by atoms with van der Waals surface area (Å²) in [5.41, 5.74) is 1.03. The second kappa shape index (κ2) is 8.40. The normalized spacial score (nSPS) is 10.5. The largest absolute Gasteiger partial charge is 0.512 e. The molecular weight excluding hydrogens is 365 g/mol. The Morgan fingerprint density at radius 1 is 1.14 bits per heavy atom. The molecule has 0 atom stereocenters. The Morgan fingerprint density at radius 2 is 1.82 bits per heavy atom. The van der Waals surface area contributed by atoms with Crippen LogP contribution >= 0.6 is 0 Å². The van der Waals surface area contributed by atoms with Crippen LogP contribution in [0.4, 0.5) is 0 Å². The number of aliphatic hydroxyl groups is 1. The standard InChI is InChI=1S/C13H8N.C5H8O2.Rh/c1-2-6-12-10(4-1)7-8-11-5-3-9-14-13(11)12;1-4(6)3-5(2)7;/h1-5,7-9H;3,6H,1-2H3;/q-1;;/b;4-3-;. The Balaban J connectivity index is 0.000000264. The van der Waals surface area contributed by atoms with Crippen LogP contribution in [-0.2, 0) is 24.3 Å². The number of benzene rings is 2. The van der Waals surface area contributed by atoms with E-state index in [9.17, 15) is 4.79 Å². The number of allylic oxidation sites excluding steroid dienone is 2. The van der Waals surface area contributed by atoms with Gasteiger partial charge in [-0.1, -0.05) is 18.2 Å². The fraction of sp³-hybridized carbons (Fsp3) is 0.111. The van der Waals surface area contributed by atoms with Crippen LogP contribution in [0.2, 0.25) is 0 Å². The van der Waals surface area contributed by atoms with Crippen molar-refractivity contribution in [2.75, 3.05) is 0 Å². The second-order valence-electron chi connectivity index (χ2n) is 4.67. The van der Waals surface area contributed by atoms with E-state index in [-0.39, 0.29) is 31.0 Å². The van der Waals surface area contributed by atoms with Gasteiger partial charge in [0.05, 0.1) is 5.76 Å². The summed E-state index contributed by atoms with van der Waals surface area (Å²) in [6.07, 6.45) is 2.99. The summed E-state index contributed by atoms with van der Waals surface area (Å²) in [5, 5.41) is 11.8. The maximum Gasteiger partial charge on any atom is 0.155 e. The van der Waals surface area contributed by atoms with E-state index in [1.165, 1.54) is 30.7 Å². The third-order valence-corrected chi connectivity index (χ3v) is 2.82. The molecule has 0 bridgehead atoms. The average Bonchev–Trinajstić information content (AvgIpc) is 2.46. The molecule has 3 nitrogen and oxygen atoms in total. The summed E-state index contributed by atoms with van der Waals surface area (Å²) in [6, 6.07) is 17.5. The predicted molar refractivity (Wildman–Crippen MR) is 85.2 cm³/mol. The molecule has 22 heavy (non-hydrogen) atoms. The average molecular weight is 381 g/mol. The summed E-state index contributed by atoms with van der Waals surface area (Å²) in [4.78, 5) is 14.4. The zero-order valence-corrected chi connectivity index (χ0v) is 14.0. The number of hydrogen-bond donors (Lipinski definition) is 1. The van der Waals surface area contributed by atoms with E-state index in [0.717, 1.165) is 10.9 Å². The summed E-state index contributed by atoms with van der Waals surface area (Å²) < 4.78 is 0. The van der Waals surface area contributed by atoms with Crippen LogP contribution in [0.5, 0.6) is 0 Å². The Kier molecular flexibility index (Phi) is 6.87. The van der Waals surface area contributed by atoms with Gasteiger partial charge in [0.25, 0.3) is 0 Å². The molecule has 0 aliphatic rings. The molecule has 4 heteroatoms. The van der Waals surface area contributed by atoms with Crippen molar-refractivity contribution < 1.29 is 29.4 Å². The molecule has 3 aromatic rings. The van der Waals surface area contributed by atoms with Gasteiger partial charge in [-0.3, -0.25) is 4.79 Å². The Morgan fingerprint density at radius 3 is 2.45 bits per heavy atom. The smallest absolute Gasteiger partial charge is 0.155 e. The van der Waals surface area contributed by atoms with Gasteiger partial charge in [0.2, 0.25) is 0 Å². The maximum atomic E-state index is 10.0. The van der Waals surface area contributed by atoms with Gasteiger partial charge in [0, 0.05) is 31.8 Å². The summed E-state index contributed by atoms with van der Waals surface area (Å²) in [6.45, 7) is 2.85. The van der Waals surface area contributed by atoms with Crippen molar-refractivity contribution in [3.05, 3.63) is 66.6 Å². The fourth-order valence-corrected chi connectivity index (χ4v) is 2.03. The molecule has 2 aromatic carbocycles. The van der Waals surface area contributed by atoms with Crippen LogP contribution in [0, 0.1) is 6.07 Å². The number of nitrogens with zero attached hydrogens (tertiary/aromatic N) is 1. The maximum absolute atomic E-state index is 10.0. The molecule has 0 unspecified atom stereocenters. The minimum absolute atomic E-state index is 0. The minimum Gasteiger partial charge on any atom is -0.512 e. The van der Waals surface area contributed by atoms with Crippen LogP contribution in [-0.4, -0.2) is 15.9 Å². The Bertz CT molecular complexity index is 753. The summed E-state index contributed by atoms with van der Waals surface area (Å²) >= 11 is 0. The number of carbonyl (C=O) groups is 1. The van der Waals surface area contributed by atoms with Gasteiger partial charge in [-0.05, 0) is 30.8 Å². The molecule has 0 saturated carbocycles. The van der Waals surface area contributed by atoms with Gasteiger partial charge in [0.1, 0.15) is 0 Å². The molecule has 0 aliphatic carbocycles. The van der Waals surface area contributed by atoms with Gasteiger partial charge in [-0.15, -0.1) is 35.0 Å². The van der Waals surface area contributed by atoms with Crippen molar-refractivity contribution in [2.24, 2.45) is 0 Å². The van der Waals surface area contributed by atoms with E-state index in [0.29, 0.717) is 0 Å². The molecule has 1 aromatic heterocycles. The van der Waals surface area contributed by atoms with Crippen molar-refractivity contribution in [3.8, 4) is 0 Å². The fourth-order valence-electron chi connectivity index (χ4n) is 2.03. The first-order chi connectivity index (χ1) is 10.1. The van der Waals surface area contributed by atoms with Crippen molar-refractivity contribution >= 4 is 27.5 Å². The van der Waals surface area contributed by atoms with Gasteiger partial charge in [-0.2, -0.15) is 0 Å².